The van der Waals surface area contributed by atoms with Crippen LogP contribution in [0.3, 0.4) is 0 Å². The van der Waals surface area contributed by atoms with E-state index in [-0.39, 0.29) is 5.91 Å². The van der Waals surface area contributed by atoms with Crippen LogP contribution in [0.25, 0.3) is 0 Å². The zero-order chi connectivity index (χ0) is 18.7. The number of rotatable bonds is 6. The number of halogens is 1. The van der Waals surface area contributed by atoms with Crippen LogP contribution in [0.2, 0.25) is 5.02 Å². The monoisotopic (exact) mass is 371 g/mol. The number of nitrogens with zero attached hydrogens (tertiary/aromatic N) is 4. The number of hydrogen-bond acceptors (Lipinski definition) is 3. The second-order valence-electron chi connectivity index (χ2n) is 6.41. The van der Waals surface area contributed by atoms with Crippen LogP contribution in [0.15, 0.2) is 36.5 Å². The van der Waals surface area contributed by atoms with Crippen molar-refractivity contribution in [3.8, 4) is 0 Å². The van der Waals surface area contributed by atoms with Crippen LogP contribution in [-0.2, 0) is 17.9 Å². The summed E-state index contributed by atoms with van der Waals surface area (Å²) in [4.78, 5) is 12.2. The first-order valence-electron chi connectivity index (χ1n) is 8.50. The molecule has 0 aliphatic rings. The summed E-state index contributed by atoms with van der Waals surface area (Å²) in [5, 5.41) is 12.3. The second kappa shape index (κ2) is 7.74. The van der Waals surface area contributed by atoms with E-state index in [4.69, 9.17) is 11.6 Å². The van der Waals surface area contributed by atoms with E-state index in [0.717, 1.165) is 28.3 Å². The Bertz CT molecular complexity index is 908. The average molecular weight is 372 g/mol. The molecule has 0 spiro atoms. The van der Waals surface area contributed by atoms with Crippen LogP contribution in [0.1, 0.15) is 29.1 Å². The molecule has 0 radical (unpaired) electrons. The largest absolute Gasteiger partial charge is 0.326 e. The van der Waals surface area contributed by atoms with Crippen molar-refractivity contribution >= 4 is 23.2 Å². The van der Waals surface area contributed by atoms with Crippen molar-refractivity contribution < 1.29 is 4.79 Å². The lowest BCUT2D eigenvalue weighted by molar-refractivity contribution is -0.116. The third-order valence-electron chi connectivity index (χ3n) is 4.10. The first kappa shape index (κ1) is 18.2. The van der Waals surface area contributed by atoms with Gasteiger partial charge in [-0.15, -0.1) is 0 Å². The number of aromatic nitrogens is 4. The van der Waals surface area contributed by atoms with Gasteiger partial charge < -0.3 is 5.32 Å². The maximum absolute atomic E-state index is 12.2. The molecule has 1 aromatic carbocycles. The minimum atomic E-state index is -0.0578. The van der Waals surface area contributed by atoms with Gasteiger partial charge in [0.2, 0.25) is 5.91 Å². The second-order valence-corrected chi connectivity index (χ2v) is 6.82. The zero-order valence-corrected chi connectivity index (χ0v) is 15.9. The maximum Gasteiger partial charge on any atom is 0.226 e. The van der Waals surface area contributed by atoms with E-state index in [9.17, 15) is 4.79 Å². The van der Waals surface area contributed by atoms with Gasteiger partial charge in [0.25, 0.3) is 0 Å². The minimum Gasteiger partial charge on any atom is -0.326 e. The Balaban J connectivity index is 1.59. The summed E-state index contributed by atoms with van der Waals surface area (Å²) in [6, 6.07) is 9.88. The average Bonchev–Trinajstić information content (AvgIpc) is 3.07. The molecule has 2 aromatic heterocycles. The Kier molecular flexibility index (Phi) is 5.42. The van der Waals surface area contributed by atoms with Gasteiger partial charge in [-0.2, -0.15) is 10.2 Å². The standard InChI is InChI=1S/C19H22ClN5O/c1-13-9-14(2)25(22-13)11-16-5-4-6-17(10-16)21-19(26)7-8-24-12-18(20)15(3)23-24/h4-6,9-10,12H,7-8,11H2,1-3H3,(H,21,26). The van der Waals surface area contributed by atoms with Crippen molar-refractivity contribution in [1.29, 1.82) is 0 Å². The lowest BCUT2D eigenvalue weighted by atomic mass is 10.2. The summed E-state index contributed by atoms with van der Waals surface area (Å²) in [6.07, 6.45) is 2.07. The van der Waals surface area contributed by atoms with E-state index < -0.39 is 0 Å². The van der Waals surface area contributed by atoms with Gasteiger partial charge in [0, 0.05) is 30.5 Å². The number of anilines is 1. The Morgan fingerprint density at radius 1 is 1.19 bits per heavy atom. The molecule has 6 nitrogen and oxygen atoms in total. The number of hydrogen-bond donors (Lipinski definition) is 1. The molecular formula is C19H22ClN5O. The zero-order valence-electron chi connectivity index (χ0n) is 15.2. The number of amides is 1. The summed E-state index contributed by atoms with van der Waals surface area (Å²) in [5.41, 5.74) is 4.75. The van der Waals surface area contributed by atoms with Gasteiger partial charge in [-0.3, -0.25) is 14.2 Å². The van der Waals surface area contributed by atoms with Gasteiger partial charge in [0.15, 0.2) is 0 Å². The Morgan fingerprint density at radius 2 is 2.00 bits per heavy atom. The van der Waals surface area contributed by atoms with Gasteiger partial charge in [-0.05, 0) is 44.5 Å². The molecule has 0 unspecified atom stereocenters. The molecule has 0 fully saturated rings. The summed E-state index contributed by atoms with van der Waals surface area (Å²) < 4.78 is 3.65. The summed E-state index contributed by atoms with van der Waals surface area (Å²) in [5.74, 6) is -0.0578. The fourth-order valence-electron chi connectivity index (χ4n) is 2.80. The van der Waals surface area contributed by atoms with Crippen LogP contribution >= 0.6 is 11.6 Å². The summed E-state index contributed by atoms with van der Waals surface area (Å²) >= 11 is 5.98. The summed E-state index contributed by atoms with van der Waals surface area (Å²) in [6.45, 7) is 7.02. The first-order valence-corrected chi connectivity index (χ1v) is 8.88. The Hall–Kier alpha value is -2.60. The van der Waals surface area contributed by atoms with E-state index >= 15 is 0 Å². The molecule has 26 heavy (non-hydrogen) atoms. The normalized spacial score (nSPS) is 10.9. The van der Waals surface area contributed by atoms with E-state index in [0.29, 0.717) is 24.5 Å². The topological polar surface area (TPSA) is 64.7 Å². The number of benzene rings is 1. The molecular weight excluding hydrogens is 350 g/mol. The third kappa shape index (κ3) is 4.52. The number of aryl methyl sites for hydroxylation is 4. The molecule has 0 aliphatic carbocycles. The van der Waals surface area contributed by atoms with Crippen molar-refractivity contribution in [1.82, 2.24) is 19.6 Å². The molecule has 0 saturated carbocycles. The molecule has 0 aliphatic heterocycles. The Morgan fingerprint density at radius 3 is 2.65 bits per heavy atom. The summed E-state index contributed by atoms with van der Waals surface area (Å²) in [7, 11) is 0. The molecule has 3 rings (SSSR count). The maximum atomic E-state index is 12.2. The van der Waals surface area contributed by atoms with E-state index in [2.05, 4.69) is 21.6 Å². The van der Waals surface area contributed by atoms with Crippen LogP contribution in [0.4, 0.5) is 5.69 Å². The molecule has 0 saturated heterocycles. The number of carbonyl (C=O) groups excluding carboxylic acids is 1. The van der Waals surface area contributed by atoms with Gasteiger partial charge in [0.05, 0.1) is 23.0 Å². The molecule has 7 heteroatoms. The fourth-order valence-corrected chi connectivity index (χ4v) is 2.95. The van der Waals surface area contributed by atoms with Gasteiger partial charge in [-0.25, -0.2) is 0 Å². The van der Waals surface area contributed by atoms with Gasteiger partial charge in [0.1, 0.15) is 0 Å². The van der Waals surface area contributed by atoms with Crippen molar-refractivity contribution in [3.05, 3.63) is 64.2 Å². The SMILES string of the molecule is Cc1cc(C)n(Cc2cccc(NC(=O)CCn3cc(Cl)c(C)n3)c2)n1. The highest BCUT2D eigenvalue weighted by molar-refractivity contribution is 6.31. The van der Waals surface area contributed by atoms with Gasteiger partial charge in [-0.1, -0.05) is 23.7 Å². The molecule has 136 valence electrons. The highest BCUT2D eigenvalue weighted by Gasteiger charge is 2.07. The highest BCUT2D eigenvalue weighted by Crippen LogP contribution is 2.15. The minimum absolute atomic E-state index is 0.0578. The number of nitrogens with one attached hydrogen (secondary N) is 1. The van der Waals surface area contributed by atoms with Crippen molar-refractivity contribution in [2.75, 3.05) is 5.32 Å². The molecule has 3 aromatic rings. The lowest BCUT2D eigenvalue weighted by Crippen LogP contribution is -2.15. The van der Waals surface area contributed by atoms with E-state index in [1.165, 1.54) is 0 Å². The smallest absolute Gasteiger partial charge is 0.226 e. The first-order chi connectivity index (χ1) is 12.4. The molecule has 2 heterocycles. The molecule has 1 amide bonds. The fraction of sp³-hybridized carbons (Fsp3) is 0.316. The van der Waals surface area contributed by atoms with Crippen molar-refractivity contribution in [3.63, 3.8) is 0 Å². The lowest BCUT2D eigenvalue weighted by Gasteiger charge is -2.09. The van der Waals surface area contributed by atoms with Crippen LogP contribution in [-0.4, -0.2) is 25.5 Å². The quantitative estimate of drug-likeness (QED) is 0.717. The van der Waals surface area contributed by atoms with Gasteiger partial charge >= 0.3 is 0 Å². The number of carbonyl (C=O) groups is 1. The highest BCUT2D eigenvalue weighted by atomic mass is 35.5. The predicted octanol–water partition coefficient (Wildman–Crippen LogP) is 3.74. The van der Waals surface area contributed by atoms with E-state index in [1.807, 2.05) is 49.7 Å². The predicted molar refractivity (Wildman–Crippen MR) is 102 cm³/mol. The Labute approximate surface area is 157 Å². The van der Waals surface area contributed by atoms with E-state index in [1.54, 1.807) is 10.9 Å². The molecule has 0 bridgehead atoms. The molecule has 1 N–H and O–H groups in total. The molecule has 0 atom stereocenters. The van der Waals surface area contributed by atoms with Crippen LogP contribution in [0, 0.1) is 20.8 Å². The van der Waals surface area contributed by atoms with Crippen LogP contribution in [0.5, 0.6) is 0 Å². The third-order valence-corrected chi connectivity index (χ3v) is 4.47. The van der Waals surface area contributed by atoms with Crippen molar-refractivity contribution in [2.45, 2.75) is 40.3 Å². The van der Waals surface area contributed by atoms with Crippen molar-refractivity contribution in [2.24, 2.45) is 0 Å². The van der Waals surface area contributed by atoms with Crippen LogP contribution < -0.4 is 5.32 Å².